The maximum absolute atomic E-state index is 11.3. The molecule has 27 heavy (non-hydrogen) atoms. The molecule has 0 aliphatic heterocycles. The molecule has 0 heterocycles. The van der Waals surface area contributed by atoms with Crippen molar-refractivity contribution < 1.29 is 9.53 Å². The number of esters is 1. The molecule has 2 unspecified atom stereocenters. The highest BCUT2D eigenvalue weighted by Gasteiger charge is 2.35. The highest BCUT2D eigenvalue weighted by atomic mass is 16.5. The summed E-state index contributed by atoms with van der Waals surface area (Å²) in [5, 5.41) is 0. The van der Waals surface area contributed by atoms with Crippen molar-refractivity contribution >= 4 is 5.97 Å². The van der Waals surface area contributed by atoms with Gasteiger partial charge in [-0.3, -0.25) is 4.79 Å². The standard InChI is InChI=1S/C25H44O2/c1-3-4-5-7-20-10-12-21(13-11-20)22-14-16-23(17-15-22)24-8-6-9-25(18-24)27-19(2)26/h20-25H,3-18H2,1-2H3. The van der Waals surface area contributed by atoms with Crippen molar-refractivity contribution in [2.24, 2.45) is 29.6 Å². The van der Waals surface area contributed by atoms with E-state index in [4.69, 9.17) is 4.74 Å². The maximum atomic E-state index is 11.3. The normalized spacial score (nSPS) is 37.7. The Bertz CT molecular complexity index is 430. The van der Waals surface area contributed by atoms with E-state index in [-0.39, 0.29) is 12.1 Å². The first-order valence-electron chi connectivity index (χ1n) is 12.3. The van der Waals surface area contributed by atoms with Gasteiger partial charge in [-0.05, 0) is 93.8 Å². The Morgan fingerprint density at radius 1 is 0.778 bits per heavy atom. The molecule has 0 amide bonds. The fourth-order valence-corrected chi connectivity index (χ4v) is 6.67. The molecular weight excluding hydrogens is 332 g/mol. The van der Waals surface area contributed by atoms with Crippen molar-refractivity contribution in [3.05, 3.63) is 0 Å². The number of rotatable bonds is 7. The molecule has 3 aliphatic carbocycles. The second-order valence-electron chi connectivity index (χ2n) is 10.1. The van der Waals surface area contributed by atoms with E-state index >= 15 is 0 Å². The fraction of sp³-hybridized carbons (Fsp3) is 0.960. The summed E-state index contributed by atoms with van der Waals surface area (Å²) in [7, 11) is 0. The van der Waals surface area contributed by atoms with Gasteiger partial charge in [0.2, 0.25) is 0 Å². The third-order valence-electron chi connectivity index (χ3n) is 8.26. The van der Waals surface area contributed by atoms with Gasteiger partial charge in [-0.1, -0.05) is 45.4 Å². The summed E-state index contributed by atoms with van der Waals surface area (Å²) in [6.45, 7) is 3.88. The highest BCUT2D eigenvalue weighted by molar-refractivity contribution is 5.66. The predicted octanol–water partition coefficient (Wildman–Crippen LogP) is 7.30. The van der Waals surface area contributed by atoms with Crippen molar-refractivity contribution in [1.29, 1.82) is 0 Å². The van der Waals surface area contributed by atoms with Crippen LogP contribution in [-0.2, 0) is 9.53 Å². The van der Waals surface area contributed by atoms with Crippen LogP contribution in [0.4, 0.5) is 0 Å². The van der Waals surface area contributed by atoms with Crippen LogP contribution in [0, 0.1) is 29.6 Å². The molecular formula is C25H44O2. The van der Waals surface area contributed by atoms with Gasteiger partial charge in [0.25, 0.3) is 0 Å². The second kappa shape index (κ2) is 10.9. The molecule has 3 saturated carbocycles. The van der Waals surface area contributed by atoms with Crippen molar-refractivity contribution in [3.63, 3.8) is 0 Å². The Morgan fingerprint density at radius 3 is 1.96 bits per heavy atom. The quantitative estimate of drug-likeness (QED) is 0.344. The minimum Gasteiger partial charge on any atom is -0.463 e. The van der Waals surface area contributed by atoms with Crippen LogP contribution in [-0.4, -0.2) is 12.1 Å². The summed E-state index contributed by atoms with van der Waals surface area (Å²) < 4.78 is 5.53. The van der Waals surface area contributed by atoms with Crippen LogP contribution < -0.4 is 0 Å². The number of carbonyl (C=O) groups excluding carboxylic acids is 1. The van der Waals surface area contributed by atoms with Crippen LogP contribution in [0.15, 0.2) is 0 Å². The number of carbonyl (C=O) groups is 1. The van der Waals surface area contributed by atoms with Crippen molar-refractivity contribution in [2.75, 3.05) is 0 Å². The molecule has 3 rings (SSSR count). The molecule has 0 aromatic rings. The molecule has 0 spiro atoms. The van der Waals surface area contributed by atoms with Crippen LogP contribution in [0.5, 0.6) is 0 Å². The first-order valence-corrected chi connectivity index (χ1v) is 12.3. The monoisotopic (exact) mass is 376 g/mol. The molecule has 3 aliphatic rings. The summed E-state index contributed by atoms with van der Waals surface area (Å²) in [5.74, 6) is 4.74. The van der Waals surface area contributed by atoms with Gasteiger partial charge in [0.15, 0.2) is 0 Å². The zero-order chi connectivity index (χ0) is 19.1. The molecule has 0 saturated heterocycles. The number of hydrogen-bond donors (Lipinski definition) is 0. The second-order valence-corrected chi connectivity index (χ2v) is 10.1. The summed E-state index contributed by atoms with van der Waals surface area (Å²) in [6, 6.07) is 0. The smallest absolute Gasteiger partial charge is 0.302 e. The first kappa shape index (κ1) is 21.2. The van der Waals surface area contributed by atoms with E-state index in [0.29, 0.717) is 0 Å². The summed E-state index contributed by atoms with van der Waals surface area (Å²) in [6.07, 6.45) is 22.7. The summed E-state index contributed by atoms with van der Waals surface area (Å²) >= 11 is 0. The molecule has 0 N–H and O–H groups in total. The van der Waals surface area contributed by atoms with Crippen LogP contribution >= 0.6 is 0 Å². The Morgan fingerprint density at radius 2 is 1.37 bits per heavy atom. The highest BCUT2D eigenvalue weighted by Crippen LogP contribution is 2.46. The van der Waals surface area contributed by atoms with Crippen LogP contribution in [0.25, 0.3) is 0 Å². The van der Waals surface area contributed by atoms with Gasteiger partial charge in [-0.25, -0.2) is 0 Å². The predicted molar refractivity (Wildman–Crippen MR) is 113 cm³/mol. The summed E-state index contributed by atoms with van der Waals surface area (Å²) in [4.78, 5) is 11.3. The van der Waals surface area contributed by atoms with Gasteiger partial charge in [-0.15, -0.1) is 0 Å². The topological polar surface area (TPSA) is 26.3 Å². The van der Waals surface area contributed by atoms with E-state index in [1.54, 1.807) is 6.92 Å². The van der Waals surface area contributed by atoms with Gasteiger partial charge in [0, 0.05) is 6.92 Å². The fourth-order valence-electron chi connectivity index (χ4n) is 6.67. The van der Waals surface area contributed by atoms with Gasteiger partial charge >= 0.3 is 5.97 Å². The minimum atomic E-state index is -0.0883. The molecule has 0 bridgehead atoms. The average molecular weight is 377 g/mol. The molecule has 156 valence electrons. The zero-order valence-corrected chi connectivity index (χ0v) is 18.1. The lowest BCUT2D eigenvalue weighted by Gasteiger charge is -2.41. The lowest BCUT2D eigenvalue weighted by atomic mass is 9.65. The van der Waals surface area contributed by atoms with Crippen molar-refractivity contribution in [2.45, 2.75) is 123 Å². The lowest BCUT2D eigenvalue weighted by Crippen LogP contribution is -2.32. The molecule has 3 fully saturated rings. The third-order valence-corrected chi connectivity index (χ3v) is 8.26. The summed E-state index contributed by atoms with van der Waals surface area (Å²) in [5.41, 5.74) is 0. The van der Waals surface area contributed by atoms with E-state index in [9.17, 15) is 4.79 Å². The Balaban J connectivity index is 1.36. The van der Waals surface area contributed by atoms with Crippen LogP contribution in [0.2, 0.25) is 0 Å². The first-order chi connectivity index (χ1) is 13.2. The SMILES string of the molecule is CCCCCC1CCC(C2CCC(C3CCCC(OC(C)=O)C3)CC2)CC1. The van der Waals surface area contributed by atoms with Gasteiger partial charge < -0.3 is 4.74 Å². The Kier molecular flexibility index (Phi) is 8.52. The van der Waals surface area contributed by atoms with E-state index in [0.717, 1.165) is 42.4 Å². The lowest BCUT2D eigenvalue weighted by molar-refractivity contribution is -0.149. The van der Waals surface area contributed by atoms with Crippen LogP contribution in [0.1, 0.15) is 117 Å². The van der Waals surface area contributed by atoms with Crippen molar-refractivity contribution in [1.82, 2.24) is 0 Å². The molecule has 0 radical (unpaired) electrons. The average Bonchev–Trinajstić information content (AvgIpc) is 2.69. The van der Waals surface area contributed by atoms with E-state index < -0.39 is 0 Å². The Hall–Kier alpha value is -0.530. The van der Waals surface area contributed by atoms with E-state index in [2.05, 4.69) is 6.92 Å². The van der Waals surface area contributed by atoms with Gasteiger partial charge in [0.05, 0.1) is 0 Å². The molecule has 0 aromatic heterocycles. The van der Waals surface area contributed by atoms with E-state index in [1.807, 2.05) is 0 Å². The molecule has 2 atom stereocenters. The van der Waals surface area contributed by atoms with Gasteiger partial charge in [-0.2, -0.15) is 0 Å². The third kappa shape index (κ3) is 6.50. The largest absolute Gasteiger partial charge is 0.463 e. The van der Waals surface area contributed by atoms with Crippen LogP contribution in [0.3, 0.4) is 0 Å². The maximum Gasteiger partial charge on any atom is 0.302 e. The number of unbranched alkanes of at least 4 members (excludes halogenated alkanes) is 2. The Labute approximate surface area is 168 Å². The zero-order valence-electron chi connectivity index (χ0n) is 18.1. The molecule has 0 aromatic carbocycles. The number of hydrogen-bond acceptors (Lipinski definition) is 2. The molecule has 2 heteroatoms. The number of ether oxygens (including phenoxy) is 1. The molecule has 2 nitrogen and oxygen atoms in total. The van der Waals surface area contributed by atoms with Crippen molar-refractivity contribution in [3.8, 4) is 0 Å². The van der Waals surface area contributed by atoms with E-state index in [1.165, 1.54) is 89.9 Å². The minimum absolute atomic E-state index is 0.0883. The van der Waals surface area contributed by atoms with Gasteiger partial charge in [0.1, 0.15) is 6.10 Å².